The van der Waals surface area contributed by atoms with Crippen molar-refractivity contribution >= 4 is 28.4 Å². The summed E-state index contributed by atoms with van der Waals surface area (Å²) in [6.45, 7) is 0.972. The molecule has 0 aliphatic carbocycles. The Morgan fingerprint density at radius 3 is 3.00 bits per heavy atom. The van der Waals surface area contributed by atoms with Crippen LogP contribution in [0.15, 0.2) is 0 Å². The van der Waals surface area contributed by atoms with E-state index in [-0.39, 0.29) is 0 Å². The fourth-order valence-electron chi connectivity index (χ4n) is 0.364. The molecule has 3 nitrogen and oxygen atoms in total. The maximum Gasteiger partial charge on any atom is 0.220 e. The summed E-state index contributed by atoms with van der Waals surface area (Å²) in [6.07, 6.45) is 0.378. The Morgan fingerprint density at radius 1 is 1.73 bits per heavy atom. The first-order chi connectivity index (χ1) is 5.31. The molecule has 0 aliphatic heterocycles. The van der Waals surface area contributed by atoms with Crippen molar-refractivity contribution in [2.45, 2.75) is 6.42 Å². The molecule has 0 aromatic rings. The lowest BCUT2D eigenvalue weighted by molar-refractivity contribution is 0.331. The van der Waals surface area contributed by atoms with Gasteiger partial charge in [0.2, 0.25) is 4.38 Å². The van der Waals surface area contributed by atoms with Gasteiger partial charge in [0.15, 0.2) is 0 Å². The van der Waals surface area contributed by atoms with E-state index in [0.717, 1.165) is 5.75 Å². The summed E-state index contributed by atoms with van der Waals surface area (Å²) >= 11 is 6.21. The van der Waals surface area contributed by atoms with E-state index in [0.29, 0.717) is 24.0 Å². The summed E-state index contributed by atoms with van der Waals surface area (Å²) in [5.74, 6) is 0.769. The monoisotopic (exact) mass is 190 g/mol. The topological polar surface area (TPSA) is 59.0 Å². The molecule has 0 aromatic heterocycles. The molecular weight excluding hydrogens is 180 g/mol. The Bertz CT molecular complexity index is 155. The maximum atomic E-state index is 8.16. The number of nitriles is 1. The van der Waals surface area contributed by atoms with Crippen molar-refractivity contribution in [1.82, 2.24) is 0 Å². The number of rotatable bonds is 4. The highest BCUT2D eigenvalue weighted by atomic mass is 32.2. The van der Waals surface area contributed by atoms with Gasteiger partial charge in [-0.25, -0.2) is 0 Å². The van der Waals surface area contributed by atoms with Crippen molar-refractivity contribution in [3.05, 3.63) is 0 Å². The minimum Gasteiger partial charge on any atom is -0.477 e. The van der Waals surface area contributed by atoms with Crippen LogP contribution in [0.2, 0.25) is 0 Å². The first kappa shape index (κ1) is 10.7. The number of hydrogen-bond acceptors (Lipinski definition) is 5. The third kappa shape index (κ3) is 7.59. The molecule has 0 atom stereocenters. The maximum absolute atomic E-state index is 8.16. The van der Waals surface area contributed by atoms with Gasteiger partial charge >= 0.3 is 0 Å². The lowest BCUT2D eigenvalue weighted by Crippen LogP contribution is -2.06. The molecule has 0 saturated heterocycles. The Hall–Kier alpha value is -0.310. The van der Waals surface area contributed by atoms with E-state index >= 15 is 0 Å². The van der Waals surface area contributed by atoms with Gasteiger partial charge in [0.25, 0.3) is 0 Å². The molecule has 0 amide bonds. The summed E-state index contributed by atoms with van der Waals surface area (Å²) < 4.78 is 5.48. The number of nitrogens with two attached hydrogens (primary N) is 1. The van der Waals surface area contributed by atoms with Gasteiger partial charge in [-0.15, -0.1) is 0 Å². The standard InChI is InChI=1S/C6H10N2OS2/c7-2-1-4-9-6(10)11-5-3-8/h1,3-5,8H2. The molecule has 62 valence electrons. The van der Waals surface area contributed by atoms with Crippen LogP contribution in [0.4, 0.5) is 0 Å². The molecule has 5 heteroatoms. The predicted octanol–water partition coefficient (Wildman–Crippen LogP) is 0.893. The van der Waals surface area contributed by atoms with Gasteiger partial charge in [0.1, 0.15) is 6.61 Å². The van der Waals surface area contributed by atoms with E-state index in [2.05, 4.69) is 0 Å². The van der Waals surface area contributed by atoms with E-state index in [9.17, 15) is 0 Å². The zero-order valence-electron chi connectivity index (χ0n) is 6.08. The van der Waals surface area contributed by atoms with Crippen LogP contribution in [-0.2, 0) is 4.74 Å². The second-order valence-corrected chi connectivity index (χ2v) is 3.34. The molecule has 11 heavy (non-hydrogen) atoms. The predicted molar refractivity (Wildman–Crippen MR) is 50.3 cm³/mol. The van der Waals surface area contributed by atoms with Crippen LogP contribution in [0.1, 0.15) is 6.42 Å². The average molecular weight is 190 g/mol. The minimum atomic E-state index is 0.378. The van der Waals surface area contributed by atoms with E-state index in [1.807, 2.05) is 6.07 Å². The van der Waals surface area contributed by atoms with Crippen molar-refractivity contribution in [1.29, 1.82) is 5.26 Å². The molecule has 0 aromatic carbocycles. The number of hydrogen-bond donors (Lipinski definition) is 1. The number of ether oxygens (including phenoxy) is 1. The highest BCUT2D eigenvalue weighted by Crippen LogP contribution is 2.04. The van der Waals surface area contributed by atoms with E-state index in [1.165, 1.54) is 11.8 Å². The molecule has 0 fully saturated rings. The highest BCUT2D eigenvalue weighted by Gasteiger charge is 1.95. The lowest BCUT2D eigenvalue weighted by atomic mass is 10.5. The molecule has 0 bridgehead atoms. The summed E-state index contributed by atoms with van der Waals surface area (Å²) in [6, 6.07) is 1.96. The first-order valence-corrected chi connectivity index (χ1v) is 4.57. The average Bonchev–Trinajstić information content (AvgIpc) is 2.01. The Morgan fingerprint density at radius 2 is 2.45 bits per heavy atom. The molecule has 0 unspecified atom stereocenters. The Kier molecular flexibility index (Phi) is 7.57. The van der Waals surface area contributed by atoms with E-state index in [1.54, 1.807) is 0 Å². The van der Waals surface area contributed by atoms with E-state index < -0.39 is 0 Å². The Labute approximate surface area is 75.9 Å². The molecule has 0 aliphatic rings. The van der Waals surface area contributed by atoms with Crippen molar-refractivity contribution in [2.24, 2.45) is 5.73 Å². The third-order valence-electron chi connectivity index (χ3n) is 0.772. The van der Waals surface area contributed by atoms with Crippen molar-refractivity contribution in [2.75, 3.05) is 18.9 Å². The zero-order chi connectivity index (χ0) is 8.53. The molecule has 0 rings (SSSR count). The fraction of sp³-hybridized carbons (Fsp3) is 0.667. The van der Waals surface area contributed by atoms with Gasteiger partial charge in [0.05, 0.1) is 12.5 Å². The smallest absolute Gasteiger partial charge is 0.220 e. The first-order valence-electron chi connectivity index (χ1n) is 3.18. The normalized spacial score (nSPS) is 8.73. The van der Waals surface area contributed by atoms with Crippen LogP contribution in [0.3, 0.4) is 0 Å². The van der Waals surface area contributed by atoms with Gasteiger partial charge in [-0.05, 0) is 12.2 Å². The van der Waals surface area contributed by atoms with Crippen LogP contribution in [0.25, 0.3) is 0 Å². The number of thiocarbonyl (C=S) groups is 1. The van der Waals surface area contributed by atoms with Crippen molar-refractivity contribution in [3.8, 4) is 6.07 Å². The lowest BCUT2D eigenvalue weighted by Gasteiger charge is -2.02. The summed E-state index contributed by atoms with van der Waals surface area (Å²) in [4.78, 5) is 0. The second kappa shape index (κ2) is 7.79. The molecule has 0 spiro atoms. The van der Waals surface area contributed by atoms with Gasteiger partial charge in [-0.1, -0.05) is 11.8 Å². The summed E-state index contributed by atoms with van der Waals surface area (Å²) in [7, 11) is 0. The van der Waals surface area contributed by atoms with Gasteiger partial charge in [0, 0.05) is 12.3 Å². The van der Waals surface area contributed by atoms with Crippen LogP contribution < -0.4 is 5.73 Å². The second-order valence-electron chi connectivity index (χ2n) is 1.64. The van der Waals surface area contributed by atoms with Crippen LogP contribution >= 0.6 is 24.0 Å². The van der Waals surface area contributed by atoms with Crippen LogP contribution in [0, 0.1) is 11.3 Å². The molecule has 0 heterocycles. The van der Waals surface area contributed by atoms with Crippen LogP contribution in [-0.4, -0.2) is 23.3 Å². The van der Waals surface area contributed by atoms with Crippen LogP contribution in [0.5, 0.6) is 0 Å². The van der Waals surface area contributed by atoms with Gasteiger partial charge in [-0.3, -0.25) is 0 Å². The molecular formula is C6H10N2OS2. The minimum absolute atomic E-state index is 0.378. The van der Waals surface area contributed by atoms with Crippen molar-refractivity contribution in [3.63, 3.8) is 0 Å². The van der Waals surface area contributed by atoms with E-state index in [4.69, 9.17) is 28.0 Å². The molecule has 0 radical (unpaired) electrons. The largest absolute Gasteiger partial charge is 0.477 e. The molecule has 0 saturated carbocycles. The fourth-order valence-corrected chi connectivity index (χ4v) is 1.15. The summed E-state index contributed by atoms with van der Waals surface area (Å²) in [5.41, 5.74) is 5.24. The Balaban J connectivity index is 3.17. The third-order valence-corrected chi connectivity index (χ3v) is 2.04. The van der Waals surface area contributed by atoms with Gasteiger partial charge < -0.3 is 10.5 Å². The summed E-state index contributed by atoms with van der Waals surface area (Å²) in [5, 5.41) is 8.16. The van der Waals surface area contributed by atoms with Crippen molar-refractivity contribution < 1.29 is 4.74 Å². The zero-order valence-corrected chi connectivity index (χ0v) is 7.71. The molecule has 2 N–H and O–H groups in total. The highest BCUT2D eigenvalue weighted by molar-refractivity contribution is 8.22. The number of thioether (sulfide) groups is 1. The number of nitrogens with zero attached hydrogens (tertiary/aromatic N) is 1. The van der Waals surface area contributed by atoms with Gasteiger partial charge in [-0.2, -0.15) is 5.26 Å². The quantitative estimate of drug-likeness (QED) is 0.527. The SMILES string of the molecule is N#CCCOC(=S)SCCN.